The van der Waals surface area contributed by atoms with Crippen LogP contribution < -0.4 is 10.6 Å². The Morgan fingerprint density at radius 2 is 1.39 bits per heavy atom. The molecule has 4 rings (SSSR count). The third-order valence-electron chi connectivity index (χ3n) is 6.57. The van der Waals surface area contributed by atoms with Crippen LogP contribution >= 0.6 is 0 Å². The first kappa shape index (κ1) is 25.2. The second-order valence-corrected chi connectivity index (χ2v) is 10.1. The van der Waals surface area contributed by atoms with Gasteiger partial charge in [-0.1, -0.05) is 87.0 Å². The van der Waals surface area contributed by atoms with E-state index in [1.165, 1.54) is 40.5 Å². The van der Waals surface area contributed by atoms with E-state index in [4.69, 9.17) is 4.74 Å². The number of hydrogen-bond acceptors (Lipinski definition) is 4. The van der Waals surface area contributed by atoms with Gasteiger partial charge in [-0.05, 0) is 40.7 Å². The van der Waals surface area contributed by atoms with Crippen LogP contribution in [-0.2, 0) is 14.3 Å². The Balaban J connectivity index is 1.53. The second-order valence-electron chi connectivity index (χ2n) is 10.1. The molecule has 3 amide bonds. The highest BCUT2D eigenvalue weighted by Crippen LogP contribution is 2.38. The summed E-state index contributed by atoms with van der Waals surface area (Å²) in [7, 11) is 1.22. The number of carbonyl (C=O) groups excluding carboxylic acids is 3. The minimum absolute atomic E-state index is 0.358. The molecule has 1 fully saturated rings. The minimum Gasteiger partial charge on any atom is -0.466 e. The van der Waals surface area contributed by atoms with E-state index in [9.17, 15) is 14.4 Å². The zero-order valence-electron chi connectivity index (χ0n) is 21.3. The van der Waals surface area contributed by atoms with Crippen molar-refractivity contribution in [3.63, 3.8) is 0 Å². The van der Waals surface area contributed by atoms with E-state index >= 15 is 0 Å². The summed E-state index contributed by atoms with van der Waals surface area (Å²) in [5.74, 6) is -1.08. The van der Waals surface area contributed by atoms with Crippen molar-refractivity contribution >= 4 is 35.6 Å². The maximum absolute atomic E-state index is 13.0. The summed E-state index contributed by atoms with van der Waals surface area (Å²) in [5, 5.41) is 5.21. The Labute approximate surface area is 212 Å². The third-order valence-corrected chi connectivity index (χ3v) is 6.57. The highest BCUT2D eigenvalue weighted by atomic mass is 16.5. The number of hydrogen-bond donors (Lipinski definition) is 2. The monoisotopic (exact) mass is 487 g/mol. The van der Waals surface area contributed by atoms with E-state index in [1.54, 1.807) is 25.7 Å². The Morgan fingerprint density at radius 1 is 0.861 bits per heavy atom. The summed E-state index contributed by atoms with van der Waals surface area (Å²) in [6.45, 7) is 6.21. The zero-order chi connectivity index (χ0) is 25.9. The number of ether oxygens (including phenoxy) is 1. The van der Waals surface area contributed by atoms with Gasteiger partial charge in [0.1, 0.15) is 0 Å². The smallest absolute Gasteiger partial charge is 0.349 e. The van der Waals surface area contributed by atoms with E-state index in [-0.39, 0.29) is 5.91 Å². The van der Waals surface area contributed by atoms with Gasteiger partial charge in [-0.3, -0.25) is 4.79 Å². The molecule has 0 spiro atoms. The molecule has 1 heterocycles. The number of methoxy groups -OCH3 is 1. The zero-order valence-corrected chi connectivity index (χ0v) is 21.3. The molecule has 36 heavy (non-hydrogen) atoms. The summed E-state index contributed by atoms with van der Waals surface area (Å²) in [5.41, 5.74) is 6.55. The lowest BCUT2D eigenvalue weighted by Gasteiger charge is -2.32. The third kappa shape index (κ3) is 5.35. The van der Waals surface area contributed by atoms with Gasteiger partial charge < -0.3 is 20.3 Å². The molecule has 1 aliphatic carbocycles. The Morgan fingerprint density at radius 3 is 1.89 bits per heavy atom. The van der Waals surface area contributed by atoms with Crippen molar-refractivity contribution in [3.8, 4) is 0 Å². The van der Waals surface area contributed by atoms with Crippen molar-refractivity contribution < 1.29 is 19.1 Å². The fourth-order valence-electron chi connectivity index (χ4n) is 4.51. The number of benzene rings is 2. The molecule has 1 atom stereocenters. The van der Waals surface area contributed by atoms with Crippen LogP contribution in [0.2, 0.25) is 0 Å². The molecule has 2 aromatic rings. The number of piperidine rings is 1. The number of carbonyl (C=O) groups is 3. The van der Waals surface area contributed by atoms with Crippen LogP contribution in [0.4, 0.5) is 4.79 Å². The summed E-state index contributed by atoms with van der Waals surface area (Å²) >= 11 is 0. The number of nitrogens with zero attached hydrogens (tertiary/aromatic N) is 1. The Bertz CT molecular complexity index is 1180. The van der Waals surface area contributed by atoms with Gasteiger partial charge >= 0.3 is 12.0 Å². The molecule has 2 aromatic carbocycles. The average molecular weight is 488 g/mol. The maximum Gasteiger partial charge on any atom is 0.349 e. The van der Waals surface area contributed by atoms with Crippen molar-refractivity contribution in [1.82, 2.24) is 15.5 Å². The van der Waals surface area contributed by atoms with Crippen LogP contribution in [0, 0.1) is 5.41 Å². The van der Waals surface area contributed by atoms with Crippen molar-refractivity contribution in [2.45, 2.75) is 39.8 Å². The first-order chi connectivity index (χ1) is 17.2. The number of esters is 1. The molecule has 7 nitrogen and oxygen atoms in total. The molecule has 0 aromatic heterocycles. The van der Waals surface area contributed by atoms with Crippen LogP contribution in [0.5, 0.6) is 0 Å². The van der Waals surface area contributed by atoms with Crippen LogP contribution in [0.15, 0.2) is 54.1 Å². The molecule has 188 valence electrons. The normalized spacial score (nSPS) is 15.8. The molecular weight excluding hydrogens is 454 g/mol. The van der Waals surface area contributed by atoms with Gasteiger partial charge in [0.25, 0.3) is 0 Å². The number of nitrogens with one attached hydrogen (secondary N) is 2. The van der Waals surface area contributed by atoms with Crippen LogP contribution in [0.3, 0.4) is 0 Å². The number of urea groups is 1. The van der Waals surface area contributed by atoms with E-state index in [0.717, 1.165) is 0 Å². The van der Waals surface area contributed by atoms with Crippen LogP contribution in [-0.4, -0.2) is 49.2 Å². The number of fused-ring (bicyclic) bond motifs is 2. The van der Waals surface area contributed by atoms with Crippen LogP contribution in [0.1, 0.15) is 55.9 Å². The number of amides is 3. The molecule has 1 aliphatic heterocycles. The molecule has 1 unspecified atom stereocenters. The molecule has 2 N–H and O–H groups in total. The summed E-state index contributed by atoms with van der Waals surface area (Å²) in [6, 6.07) is 16.4. The lowest BCUT2D eigenvalue weighted by atomic mass is 9.86. The molecule has 0 saturated carbocycles. The first-order valence-electron chi connectivity index (χ1n) is 12.2. The van der Waals surface area contributed by atoms with Gasteiger partial charge in [0.2, 0.25) is 12.1 Å². The molecule has 0 radical (unpaired) electrons. The van der Waals surface area contributed by atoms with Crippen LogP contribution in [0.25, 0.3) is 17.7 Å². The SMILES string of the molecule is COC(=O)C(NC(=O)N1CCC(=C2c3ccccc3C=Cc3ccccc32)CC1)NC(=O)C(C)(C)C. The highest BCUT2D eigenvalue weighted by molar-refractivity contribution is 5.95. The van der Waals surface area contributed by atoms with Crippen molar-refractivity contribution in [2.75, 3.05) is 20.2 Å². The van der Waals surface area contributed by atoms with Crippen molar-refractivity contribution in [1.29, 1.82) is 0 Å². The Kier molecular flexibility index (Phi) is 7.29. The summed E-state index contributed by atoms with van der Waals surface area (Å²) < 4.78 is 4.79. The van der Waals surface area contributed by atoms with E-state index < -0.39 is 23.6 Å². The molecule has 0 bridgehead atoms. The topological polar surface area (TPSA) is 87.7 Å². The predicted molar refractivity (Wildman–Crippen MR) is 141 cm³/mol. The average Bonchev–Trinajstić information content (AvgIpc) is 3.04. The van der Waals surface area contributed by atoms with Gasteiger partial charge in [-0.2, -0.15) is 0 Å². The minimum atomic E-state index is -1.25. The lowest BCUT2D eigenvalue weighted by molar-refractivity contribution is -0.146. The summed E-state index contributed by atoms with van der Waals surface area (Å²) in [4.78, 5) is 39.3. The van der Waals surface area contributed by atoms with Crippen molar-refractivity contribution in [3.05, 3.63) is 76.4 Å². The standard InChI is InChI=1S/C29H33N3O4/c1-29(2,3)27(34)30-25(26(33)36-4)31-28(35)32-17-15-21(16-18-32)24-22-11-7-5-9-19(22)13-14-20-10-6-8-12-23(20)24/h5-14,25H,15-18H2,1-4H3,(H,30,34)(H,31,35). The molecule has 7 heteroatoms. The molecular formula is C29H33N3O4. The molecule has 2 aliphatic rings. The van der Waals surface area contributed by atoms with Gasteiger partial charge in [-0.25, -0.2) is 9.59 Å². The second kappa shape index (κ2) is 10.4. The van der Waals surface area contributed by atoms with Gasteiger partial charge in [0.15, 0.2) is 0 Å². The predicted octanol–water partition coefficient (Wildman–Crippen LogP) is 4.44. The largest absolute Gasteiger partial charge is 0.466 e. The maximum atomic E-state index is 13.0. The first-order valence-corrected chi connectivity index (χ1v) is 12.2. The van der Waals surface area contributed by atoms with Crippen molar-refractivity contribution in [2.24, 2.45) is 5.41 Å². The van der Waals surface area contributed by atoms with E-state index in [0.29, 0.717) is 25.9 Å². The number of rotatable bonds is 3. The van der Waals surface area contributed by atoms with Gasteiger partial charge in [0, 0.05) is 18.5 Å². The lowest BCUT2D eigenvalue weighted by Crippen LogP contribution is -2.58. The summed E-state index contributed by atoms with van der Waals surface area (Å²) in [6.07, 6.45) is 4.48. The van der Waals surface area contributed by atoms with Gasteiger partial charge in [-0.15, -0.1) is 0 Å². The quantitative estimate of drug-likeness (QED) is 0.422. The Hall–Kier alpha value is -3.87. The fourth-order valence-corrected chi connectivity index (χ4v) is 4.51. The van der Waals surface area contributed by atoms with E-state index in [2.05, 4.69) is 59.2 Å². The highest BCUT2D eigenvalue weighted by Gasteiger charge is 2.31. The fraction of sp³-hybridized carbons (Fsp3) is 0.345. The number of likely N-dealkylation sites (tertiary alicyclic amines) is 1. The molecule has 1 saturated heterocycles. The van der Waals surface area contributed by atoms with Gasteiger partial charge in [0.05, 0.1) is 7.11 Å². The van der Waals surface area contributed by atoms with E-state index in [1.807, 2.05) is 12.1 Å².